The number of hydrogen-bond donors (Lipinski definition) is 2. The predicted molar refractivity (Wildman–Crippen MR) is 25.0 cm³/mol. The smallest absolute Gasteiger partial charge is 0.351 e. The van der Waals surface area contributed by atoms with Crippen LogP contribution in [0.5, 0.6) is 0 Å². The van der Waals surface area contributed by atoms with E-state index in [0.717, 1.165) is 0 Å². The van der Waals surface area contributed by atoms with Gasteiger partial charge in [0.2, 0.25) is 0 Å². The molecule has 0 aromatic heterocycles. The Morgan fingerprint density at radius 1 is 2.00 bits per heavy atom. The molecule has 0 aliphatic heterocycles. The van der Waals surface area contributed by atoms with Crippen LogP contribution in [0.25, 0.3) is 0 Å². The molecule has 0 aliphatic rings. The van der Waals surface area contributed by atoms with E-state index >= 15 is 0 Å². The first-order chi connectivity index (χ1) is 2.56. The summed E-state index contributed by atoms with van der Waals surface area (Å²) < 4.78 is 13.7. The first-order valence-corrected chi connectivity index (χ1v) is 3.69. The van der Waals surface area contributed by atoms with Crippen LogP contribution in [0, 0.1) is 0 Å². The summed E-state index contributed by atoms with van der Waals surface area (Å²) in [7, 11) is -3.38. The van der Waals surface area contributed by atoms with E-state index in [1.807, 2.05) is 0 Å². The molecule has 0 aromatic rings. The zero-order chi connectivity index (χ0) is 5.21. The van der Waals surface area contributed by atoms with E-state index in [9.17, 15) is 4.57 Å². The molecule has 4 nitrogen and oxygen atoms in total. The van der Waals surface area contributed by atoms with Crippen molar-refractivity contribution in [2.24, 2.45) is 5.50 Å². The molecular weight excluding hydrogens is 121 g/mol. The molecule has 6 heavy (non-hydrogen) atoms. The second-order valence-corrected chi connectivity index (χ2v) is 3.34. The van der Waals surface area contributed by atoms with Gasteiger partial charge in [-0.05, 0) is 0 Å². The van der Waals surface area contributed by atoms with Crippen molar-refractivity contribution in [2.45, 2.75) is 0 Å². The van der Waals surface area contributed by atoms with E-state index in [4.69, 9.17) is 4.89 Å². The normalized spacial score (nSPS) is 20.3. The fourth-order valence-corrected chi connectivity index (χ4v) is 0. The lowest BCUT2D eigenvalue weighted by Crippen LogP contribution is -1.93. The van der Waals surface area contributed by atoms with Crippen molar-refractivity contribution in [3.63, 3.8) is 0 Å². The summed E-state index contributed by atoms with van der Waals surface area (Å²) in [4.78, 5) is 7.97. The Kier molecular flexibility index (Phi) is 1.96. The van der Waals surface area contributed by atoms with E-state index in [-0.39, 0.29) is 10.5 Å². The lowest BCUT2D eigenvalue weighted by atomic mass is 13.9. The first kappa shape index (κ1) is 6.33. The summed E-state index contributed by atoms with van der Waals surface area (Å²) in [6, 6.07) is 0. The van der Waals surface area contributed by atoms with Crippen molar-refractivity contribution in [3.8, 4) is 0 Å². The van der Waals surface area contributed by atoms with E-state index in [2.05, 4.69) is 9.72 Å². The van der Waals surface area contributed by atoms with Crippen molar-refractivity contribution >= 4 is 18.2 Å². The van der Waals surface area contributed by atoms with Crippen LogP contribution in [0.4, 0.5) is 0 Å². The standard InChI is InChI=1S/H6NO3PSi/c1-5(2,3)4-6/h6H3,(H3,1,2,3). The summed E-state index contributed by atoms with van der Waals surface area (Å²) in [6.07, 6.45) is 0. The summed E-state index contributed by atoms with van der Waals surface area (Å²) in [5.41, 5.74) is 4.46. The van der Waals surface area contributed by atoms with Crippen molar-refractivity contribution in [3.05, 3.63) is 0 Å². The molecule has 3 N–H and O–H groups in total. The Hall–Kier alpha value is 0.327. The van der Waals surface area contributed by atoms with Gasteiger partial charge in [0.25, 0.3) is 0 Å². The molecule has 1 atom stereocenters. The third-order valence-corrected chi connectivity index (χ3v) is 2.35. The lowest BCUT2D eigenvalue weighted by molar-refractivity contribution is 0.394. The van der Waals surface area contributed by atoms with Crippen molar-refractivity contribution in [1.29, 1.82) is 0 Å². The van der Waals surface area contributed by atoms with Gasteiger partial charge in [-0.25, -0.2) is 10.1 Å². The molecule has 38 valence electrons. The highest BCUT2D eigenvalue weighted by atomic mass is 31.2. The molecule has 0 saturated carbocycles. The largest absolute Gasteiger partial charge is 0.389 e. The summed E-state index contributed by atoms with van der Waals surface area (Å²) in [5, 5.41) is 0. The second-order valence-electron chi connectivity index (χ2n) is 0.747. The monoisotopic (exact) mass is 127 g/mol. The van der Waals surface area contributed by atoms with Crippen molar-refractivity contribution in [1.82, 2.24) is 0 Å². The third-order valence-electron chi connectivity index (χ3n) is 0.262. The van der Waals surface area contributed by atoms with Gasteiger partial charge in [-0.2, -0.15) is 0 Å². The molecule has 0 aliphatic carbocycles. The Labute approximate surface area is 38.4 Å². The second kappa shape index (κ2) is 1.86. The van der Waals surface area contributed by atoms with Crippen molar-refractivity contribution in [2.75, 3.05) is 0 Å². The Bertz CT molecular complexity index is 74.9. The van der Waals surface area contributed by atoms with E-state index in [1.54, 1.807) is 0 Å². The Morgan fingerprint density at radius 2 is 2.17 bits per heavy atom. The van der Waals surface area contributed by atoms with Gasteiger partial charge in [0.15, 0.2) is 10.5 Å². The maximum absolute atomic E-state index is 9.73. The fourth-order valence-electron chi connectivity index (χ4n) is 0. The number of hydrogen-bond acceptors (Lipinski definition) is 2. The lowest BCUT2D eigenvalue weighted by Gasteiger charge is -1.96. The zero-order valence-electron chi connectivity index (χ0n) is 3.29. The minimum Gasteiger partial charge on any atom is -0.351 e. The summed E-state index contributed by atoms with van der Waals surface area (Å²) in [6.45, 7) is 0. The summed E-state index contributed by atoms with van der Waals surface area (Å²) >= 11 is 0. The molecule has 0 saturated heterocycles. The maximum atomic E-state index is 9.73. The highest BCUT2D eigenvalue weighted by molar-refractivity contribution is 7.51. The molecule has 0 bridgehead atoms. The fraction of sp³-hybridized carbons (Fsp3) is 0. The highest BCUT2D eigenvalue weighted by Gasteiger charge is 2.03. The van der Waals surface area contributed by atoms with E-state index in [1.165, 1.54) is 0 Å². The Balaban J connectivity index is 3.48. The molecule has 0 rings (SSSR count). The minimum atomic E-state index is -3.58. The SMILES string of the molecule is NP(=O)(O)O[SiH3]. The molecule has 0 aromatic carbocycles. The highest BCUT2D eigenvalue weighted by Crippen LogP contribution is 2.27. The average molecular weight is 127 g/mol. The van der Waals surface area contributed by atoms with Gasteiger partial charge in [-0.1, -0.05) is 0 Å². The third kappa shape index (κ3) is 4.33. The van der Waals surface area contributed by atoms with Gasteiger partial charge in [-0.3, -0.25) is 0 Å². The van der Waals surface area contributed by atoms with Gasteiger partial charge < -0.3 is 9.11 Å². The van der Waals surface area contributed by atoms with Crippen LogP contribution in [-0.4, -0.2) is 15.4 Å². The molecule has 0 radical (unpaired) electrons. The van der Waals surface area contributed by atoms with Crippen molar-refractivity contribution < 1.29 is 13.7 Å². The van der Waals surface area contributed by atoms with Crippen LogP contribution in [0.3, 0.4) is 0 Å². The van der Waals surface area contributed by atoms with Gasteiger partial charge in [0.05, 0.1) is 0 Å². The molecule has 6 heteroatoms. The van der Waals surface area contributed by atoms with Gasteiger partial charge >= 0.3 is 7.75 Å². The molecule has 1 unspecified atom stereocenters. The molecule has 0 heterocycles. The quantitative estimate of drug-likeness (QED) is 0.327. The topological polar surface area (TPSA) is 72.6 Å². The molecular formula is H6NO3PSi. The van der Waals surface area contributed by atoms with E-state index in [0.29, 0.717) is 0 Å². The van der Waals surface area contributed by atoms with Crippen LogP contribution in [-0.2, 0) is 8.78 Å². The van der Waals surface area contributed by atoms with Crippen LogP contribution in [0.2, 0.25) is 0 Å². The number of rotatable bonds is 1. The molecule has 0 amide bonds. The predicted octanol–water partition coefficient (Wildman–Crippen LogP) is -1.66. The first-order valence-electron chi connectivity index (χ1n) is 1.23. The van der Waals surface area contributed by atoms with Crippen LogP contribution < -0.4 is 5.50 Å². The molecule has 0 spiro atoms. The van der Waals surface area contributed by atoms with Gasteiger partial charge in [-0.15, -0.1) is 0 Å². The van der Waals surface area contributed by atoms with Gasteiger partial charge in [0, 0.05) is 0 Å². The summed E-state index contributed by atoms with van der Waals surface area (Å²) in [5.74, 6) is 0. The minimum absolute atomic E-state index is 0.210. The average Bonchev–Trinajstić information content (AvgIpc) is 1.35. The molecule has 0 fully saturated rings. The Morgan fingerprint density at radius 3 is 2.17 bits per heavy atom. The van der Waals surface area contributed by atoms with Crippen LogP contribution in [0.1, 0.15) is 0 Å². The maximum Gasteiger partial charge on any atom is 0.389 e. The van der Waals surface area contributed by atoms with Gasteiger partial charge in [0.1, 0.15) is 0 Å². The van der Waals surface area contributed by atoms with Crippen LogP contribution >= 0.6 is 7.75 Å². The van der Waals surface area contributed by atoms with E-state index < -0.39 is 7.75 Å². The number of nitrogens with two attached hydrogens (primary N) is 1. The zero-order valence-corrected chi connectivity index (χ0v) is 6.18. The van der Waals surface area contributed by atoms with Crippen LogP contribution in [0.15, 0.2) is 0 Å².